The summed E-state index contributed by atoms with van der Waals surface area (Å²) in [4.78, 5) is 54.0. The zero-order chi connectivity index (χ0) is 29.6. The van der Waals surface area contributed by atoms with E-state index in [0.717, 1.165) is 28.6 Å². The van der Waals surface area contributed by atoms with Gasteiger partial charge in [0.15, 0.2) is 18.1 Å². The molecule has 4 amide bonds. The highest BCUT2D eigenvalue weighted by atomic mass is 35.5. The van der Waals surface area contributed by atoms with Crippen LogP contribution in [0.4, 0.5) is 10.5 Å². The minimum Gasteiger partial charge on any atom is -0.490 e. The van der Waals surface area contributed by atoms with Crippen molar-refractivity contribution in [1.82, 2.24) is 9.80 Å². The number of ether oxygens (including phenoxy) is 2. The number of anilines is 1. The summed E-state index contributed by atoms with van der Waals surface area (Å²) in [5, 5.41) is 2.72. The van der Waals surface area contributed by atoms with Crippen molar-refractivity contribution >= 4 is 58.1 Å². The lowest BCUT2D eigenvalue weighted by Gasteiger charge is -2.29. The first-order valence-corrected chi connectivity index (χ1v) is 14.5. The van der Waals surface area contributed by atoms with Crippen LogP contribution in [0.15, 0.2) is 71.6 Å². The second kappa shape index (κ2) is 13.1. The van der Waals surface area contributed by atoms with E-state index in [1.54, 1.807) is 53.4 Å². The predicted molar refractivity (Wildman–Crippen MR) is 161 cm³/mol. The van der Waals surface area contributed by atoms with Gasteiger partial charge in [-0.05, 0) is 78.2 Å². The molecule has 216 valence electrons. The van der Waals surface area contributed by atoms with Crippen molar-refractivity contribution in [3.8, 4) is 11.5 Å². The van der Waals surface area contributed by atoms with Crippen molar-refractivity contribution < 1.29 is 28.7 Å². The minimum absolute atomic E-state index is 0.203. The van der Waals surface area contributed by atoms with Gasteiger partial charge in [0.25, 0.3) is 17.1 Å². The molecule has 0 unspecified atom stereocenters. The topological polar surface area (TPSA) is 105 Å². The van der Waals surface area contributed by atoms with E-state index in [1.165, 1.54) is 5.56 Å². The van der Waals surface area contributed by atoms with E-state index in [0.29, 0.717) is 47.5 Å². The maximum absolute atomic E-state index is 13.1. The summed E-state index contributed by atoms with van der Waals surface area (Å²) in [6.07, 6.45) is 2.31. The van der Waals surface area contributed by atoms with Gasteiger partial charge in [-0.2, -0.15) is 0 Å². The Bertz CT molecular complexity index is 1580. The van der Waals surface area contributed by atoms with Gasteiger partial charge in [0.1, 0.15) is 6.54 Å². The minimum atomic E-state index is -0.522. The van der Waals surface area contributed by atoms with E-state index in [2.05, 4.69) is 5.32 Å². The Hall–Kier alpha value is -4.28. The fraction of sp³-hybridized carbons (Fsp3) is 0.226. The highest BCUT2D eigenvalue weighted by Crippen LogP contribution is 2.35. The number of carbonyl (C=O) groups is 4. The highest BCUT2D eigenvalue weighted by Gasteiger charge is 2.37. The van der Waals surface area contributed by atoms with Crippen molar-refractivity contribution in [2.24, 2.45) is 0 Å². The molecule has 0 aliphatic carbocycles. The van der Waals surface area contributed by atoms with Crippen LogP contribution in [0.25, 0.3) is 6.08 Å². The fourth-order valence-corrected chi connectivity index (χ4v) is 5.67. The Morgan fingerprint density at radius 1 is 1.00 bits per heavy atom. The van der Waals surface area contributed by atoms with Gasteiger partial charge in [0, 0.05) is 23.8 Å². The molecule has 9 nitrogen and oxygen atoms in total. The monoisotopic (exact) mass is 605 g/mol. The van der Waals surface area contributed by atoms with Gasteiger partial charge in [-0.25, -0.2) is 0 Å². The lowest BCUT2D eigenvalue weighted by atomic mass is 10.00. The molecule has 0 aromatic heterocycles. The summed E-state index contributed by atoms with van der Waals surface area (Å²) in [6, 6.07) is 19.7. The maximum atomic E-state index is 13.1. The molecule has 1 N–H and O–H groups in total. The van der Waals surface area contributed by atoms with Crippen LogP contribution in [-0.2, 0) is 27.3 Å². The van der Waals surface area contributed by atoms with Gasteiger partial charge in [-0.3, -0.25) is 24.1 Å². The zero-order valence-corrected chi connectivity index (χ0v) is 24.4. The van der Waals surface area contributed by atoms with Crippen LogP contribution in [0.2, 0.25) is 5.02 Å². The Balaban J connectivity index is 1.22. The summed E-state index contributed by atoms with van der Waals surface area (Å²) < 4.78 is 11.4. The van der Waals surface area contributed by atoms with Crippen molar-refractivity contribution in [3.05, 3.63) is 93.3 Å². The van der Waals surface area contributed by atoms with Gasteiger partial charge in [0.05, 0.1) is 11.5 Å². The van der Waals surface area contributed by atoms with Gasteiger partial charge in [-0.1, -0.05) is 48.0 Å². The summed E-state index contributed by atoms with van der Waals surface area (Å²) in [7, 11) is 0. The molecule has 0 spiro atoms. The fourth-order valence-electron chi connectivity index (χ4n) is 4.64. The number of fused-ring (bicyclic) bond motifs is 1. The molecule has 2 heterocycles. The SMILES string of the molecule is CCOc1cc(/C=C2/SC(=O)N(CC(=O)N3CCc4ccccc4C3)C2=O)ccc1OCC(=O)Nc1cccc(Cl)c1. The van der Waals surface area contributed by atoms with Crippen LogP contribution < -0.4 is 14.8 Å². The predicted octanol–water partition coefficient (Wildman–Crippen LogP) is 5.38. The Labute approximate surface area is 252 Å². The molecule has 2 aliphatic heterocycles. The first kappa shape index (κ1) is 29.2. The lowest BCUT2D eigenvalue weighted by molar-refractivity contribution is -0.136. The van der Waals surface area contributed by atoms with Crippen LogP contribution in [-0.4, -0.2) is 59.1 Å². The van der Waals surface area contributed by atoms with Crippen LogP contribution in [0.5, 0.6) is 11.5 Å². The summed E-state index contributed by atoms with van der Waals surface area (Å²) in [5.74, 6) is -0.446. The summed E-state index contributed by atoms with van der Waals surface area (Å²) in [6.45, 7) is 2.58. The molecule has 42 heavy (non-hydrogen) atoms. The van der Waals surface area contributed by atoms with E-state index in [4.69, 9.17) is 21.1 Å². The largest absolute Gasteiger partial charge is 0.490 e. The molecule has 1 saturated heterocycles. The number of imide groups is 1. The van der Waals surface area contributed by atoms with Gasteiger partial charge >= 0.3 is 0 Å². The third kappa shape index (κ3) is 6.95. The maximum Gasteiger partial charge on any atom is 0.294 e. The van der Waals surface area contributed by atoms with Crippen LogP contribution in [0.3, 0.4) is 0 Å². The van der Waals surface area contributed by atoms with E-state index < -0.39 is 11.1 Å². The summed E-state index contributed by atoms with van der Waals surface area (Å²) >= 11 is 6.75. The number of hydrogen-bond donors (Lipinski definition) is 1. The number of benzene rings is 3. The Kier molecular flexibility index (Phi) is 9.14. The molecular formula is C31H28ClN3O6S. The number of carbonyl (C=O) groups excluding carboxylic acids is 4. The molecule has 11 heteroatoms. The van der Waals surface area contributed by atoms with E-state index in [-0.39, 0.29) is 29.9 Å². The molecule has 1 fully saturated rings. The van der Waals surface area contributed by atoms with Crippen molar-refractivity contribution in [1.29, 1.82) is 0 Å². The number of rotatable bonds is 9. The molecular weight excluding hydrogens is 578 g/mol. The average molecular weight is 606 g/mol. The number of amides is 4. The second-order valence-electron chi connectivity index (χ2n) is 9.59. The quantitative estimate of drug-likeness (QED) is 0.327. The van der Waals surface area contributed by atoms with Crippen molar-refractivity contribution in [3.63, 3.8) is 0 Å². The molecule has 0 bridgehead atoms. The number of hydrogen-bond acceptors (Lipinski definition) is 7. The molecule has 0 atom stereocenters. The number of halogens is 1. The number of thioether (sulfide) groups is 1. The van der Waals surface area contributed by atoms with E-state index in [1.807, 2.05) is 31.2 Å². The molecule has 5 rings (SSSR count). The van der Waals surface area contributed by atoms with Gasteiger partial charge < -0.3 is 19.7 Å². The number of nitrogens with zero attached hydrogens (tertiary/aromatic N) is 2. The molecule has 3 aromatic carbocycles. The molecule has 2 aliphatic rings. The zero-order valence-electron chi connectivity index (χ0n) is 22.8. The third-order valence-electron chi connectivity index (χ3n) is 6.68. The Morgan fingerprint density at radius 3 is 2.60 bits per heavy atom. The second-order valence-corrected chi connectivity index (χ2v) is 11.0. The third-order valence-corrected chi connectivity index (χ3v) is 7.83. The van der Waals surface area contributed by atoms with Gasteiger partial charge in [0.2, 0.25) is 5.91 Å². The molecule has 3 aromatic rings. The number of nitrogens with one attached hydrogen (secondary N) is 1. The van der Waals surface area contributed by atoms with Crippen LogP contribution in [0, 0.1) is 0 Å². The smallest absolute Gasteiger partial charge is 0.294 e. The van der Waals surface area contributed by atoms with Crippen LogP contribution in [0.1, 0.15) is 23.6 Å². The normalized spacial score (nSPS) is 15.5. The van der Waals surface area contributed by atoms with Crippen molar-refractivity contribution in [2.75, 3.05) is 31.6 Å². The first-order chi connectivity index (χ1) is 20.3. The van der Waals surface area contributed by atoms with Crippen LogP contribution >= 0.6 is 23.4 Å². The van der Waals surface area contributed by atoms with Gasteiger partial charge in [-0.15, -0.1) is 0 Å². The first-order valence-electron chi connectivity index (χ1n) is 13.4. The molecule has 0 radical (unpaired) electrons. The Morgan fingerprint density at radius 2 is 1.81 bits per heavy atom. The standard InChI is InChI=1S/C31H28ClN3O6S/c1-2-40-26-14-20(10-11-25(26)41-19-28(36)33-24-9-5-8-23(32)16-24)15-27-30(38)35(31(39)42-27)18-29(37)34-13-12-21-6-3-4-7-22(21)17-34/h3-11,14-16H,2,12-13,17-19H2,1H3,(H,33,36)/b27-15+. The lowest BCUT2D eigenvalue weighted by Crippen LogP contribution is -2.44. The average Bonchev–Trinajstić information content (AvgIpc) is 3.23. The highest BCUT2D eigenvalue weighted by molar-refractivity contribution is 8.18. The van der Waals surface area contributed by atoms with E-state index in [9.17, 15) is 19.2 Å². The summed E-state index contributed by atoms with van der Waals surface area (Å²) in [5.41, 5.74) is 3.43. The molecule has 0 saturated carbocycles. The van der Waals surface area contributed by atoms with Crippen molar-refractivity contribution in [2.45, 2.75) is 19.9 Å². The van der Waals surface area contributed by atoms with E-state index >= 15 is 0 Å².